The SMILES string of the molecule is C[C@H](NC(=O)[C@@H](Cc1ccccc1)NC(=O)OC(C)(C)C)c1ccc(-n2cncn2)cc1. The molecule has 0 bridgehead atoms. The van der Waals surface area contributed by atoms with Crippen LogP contribution < -0.4 is 10.6 Å². The van der Waals surface area contributed by atoms with Crippen LogP contribution in [0.3, 0.4) is 0 Å². The largest absolute Gasteiger partial charge is 0.444 e. The average molecular weight is 436 g/mol. The van der Waals surface area contributed by atoms with Crippen LogP contribution in [0.1, 0.15) is 44.9 Å². The predicted octanol–water partition coefficient (Wildman–Crippen LogP) is 3.58. The molecule has 0 fully saturated rings. The highest BCUT2D eigenvalue weighted by Crippen LogP contribution is 2.16. The Hall–Kier alpha value is -3.68. The molecule has 0 aliphatic heterocycles. The van der Waals surface area contributed by atoms with Crippen molar-refractivity contribution in [3.8, 4) is 5.69 Å². The van der Waals surface area contributed by atoms with Gasteiger partial charge in [-0.2, -0.15) is 5.10 Å². The molecule has 0 aliphatic carbocycles. The zero-order valence-electron chi connectivity index (χ0n) is 18.8. The second-order valence-electron chi connectivity index (χ2n) is 8.55. The van der Waals surface area contributed by atoms with Gasteiger partial charge in [-0.05, 0) is 51.0 Å². The van der Waals surface area contributed by atoms with Crippen LogP contribution >= 0.6 is 0 Å². The highest BCUT2D eigenvalue weighted by atomic mass is 16.6. The standard InChI is InChI=1S/C24H29N5O3/c1-17(19-10-12-20(13-11-19)29-16-25-15-26-29)27-22(30)21(14-18-8-6-5-7-9-18)28-23(31)32-24(2,3)4/h5-13,15-17,21H,14H2,1-4H3,(H,27,30)(H,28,31)/t17-,21+/m0/s1. The molecule has 0 unspecified atom stereocenters. The Morgan fingerprint density at radius 3 is 2.31 bits per heavy atom. The first-order chi connectivity index (χ1) is 15.2. The van der Waals surface area contributed by atoms with E-state index < -0.39 is 17.7 Å². The van der Waals surface area contributed by atoms with Gasteiger partial charge in [0, 0.05) is 6.42 Å². The van der Waals surface area contributed by atoms with E-state index >= 15 is 0 Å². The first-order valence-corrected chi connectivity index (χ1v) is 10.5. The van der Waals surface area contributed by atoms with Gasteiger partial charge in [0.2, 0.25) is 5.91 Å². The quantitative estimate of drug-likeness (QED) is 0.591. The molecular weight excluding hydrogens is 406 g/mol. The molecule has 8 heteroatoms. The van der Waals surface area contributed by atoms with Crippen LogP contribution in [0, 0.1) is 0 Å². The van der Waals surface area contributed by atoms with E-state index in [1.807, 2.05) is 61.5 Å². The maximum Gasteiger partial charge on any atom is 0.408 e. The van der Waals surface area contributed by atoms with Crippen molar-refractivity contribution < 1.29 is 14.3 Å². The summed E-state index contributed by atoms with van der Waals surface area (Å²) in [6.45, 7) is 7.24. The molecule has 32 heavy (non-hydrogen) atoms. The highest BCUT2D eigenvalue weighted by Gasteiger charge is 2.26. The van der Waals surface area contributed by atoms with E-state index in [0.717, 1.165) is 16.8 Å². The lowest BCUT2D eigenvalue weighted by Gasteiger charge is -2.25. The molecule has 2 aromatic carbocycles. The number of benzene rings is 2. The smallest absolute Gasteiger partial charge is 0.408 e. The Labute approximate surface area is 188 Å². The van der Waals surface area contributed by atoms with Crippen LogP contribution in [-0.4, -0.2) is 38.4 Å². The summed E-state index contributed by atoms with van der Waals surface area (Å²) < 4.78 is 7.01. The van der Waals surface area contributed by atoms with Crippen molar-refractivity contribution in [3.05, 3.63) is 78.4 Å². The van der Waals surface area contributed by atoms with E-state index in [2.05, 4.69) is 20.7 Å². The second-order valence-corrected chi connectivity index (χ2v) is 8.55. The maximum absolute atomic E-state index is 13.1. The fraction of sp³-hybridized carbons (Fsp3) is 0.333. The molecule has 1 aromatic heterocycles. The molecule has 8 nitrogen and oxygen atoms in total. The fourth-order valence-corrected chi connectivity index (χ4v) is 3.16. The number of aromatic nitrogens is 3. The van der Waals surface area contributed by atoms with Gasteiger partial charge < -0.3 is 15.4 Å². The monoisotopic (exact) mass is 435 g/mol. The Balaban J connectivity index is 1.69. The summed E-state index contributed by atoms with van der Waals surface area (Å²) in [5, 5.41) is 9.82. The molecule has 2 amide bonds. The van der Waals surface area contributed by atoms with Crippen LogP contribution in [0.15, 0.2) is 67.3 Å². The number of hydrogen-bond acceptors (Lipinski definition) is 5. The van der Waals surface area contributed by atoms with Gasteiger partial charge in [0.25, 0.3) is 0 Å². The van der Waals surface area contributed by atoms with Crippen molar-refractivity contribution in [1.82, 2.24) is 25.4 Å². The lowest BCUT2D eigenvalue weighted by Crippen LogP contribution is -2.49. The average Bonchev–Trinajstić information content (AvgIpc) is 3.27. The van der Waals surface area contributed by atoms with Gasteiger partial charge in [0.15, 0.2) is 0 Å². The molecular formula is C24H29N5O3. The zero-order valence-corrected chi connectivity index (χ0v) is 18.8. The van der Waals surface area contributed by atoms with E-state index in [1.54, 1.807) is 31.8 Å². The predicted molar refractivity (Wildman–Crippen MR) is 121 cm³/mol. The van der Waals surface area contributed by atoms with E-state index in [4.69, 9.17) is 4.74 Å². The Morgan fingerprint density at radius 2 is 1.72 bits per heavy atom. The maximum atomic E-state index is 13.1. The first-order valence-electron chi connectivity index (χ1n) is 10.5. The van der Waals surface area contributed by atoms with Gasteiger partial charge in [0.1, 0.15) is 24.3 Å². The lowest BCUT2D eigenvalue weighted by atomic mass is 10.0. The van der Waals surface area contributed by atoms with E-state index in [1.165, 1.54) is 6.33 Å². The van der Waals surface area contributed by atoms with E-state index in [0.29, 0.717) is 6.42 Å². The number of ether oxygens (including phenoxy) is 1. The molecule has 0 saturated heterocycles. The van der Waals surface area contributed by atoms with Crippen LogP contribution in [0.5, 0.6) is 0 Å². The first kappa shape index (κ1) is 23.0. The number of hydrogen-bond donors (Lipinski definition) is 2. The molecule has 3 aromatic rings. The third kappa shape index (κ3) is 6.66. The number of carbonyl (C=O) groups excluding carboxylic acids is 2. The minimum Gasteiger partial charge on any atom is -0.444 e. The van der Waals surface area contributed by atoms with Gasteiger partial charge in [-0.1, -0.05) is 42.5 Å². The van der Waals surface area contributed by atoms with Crippen LogP contribution in [0.2, 0.25) is 0 Å². The summed E-state index contributed by atoms with van der Waals surface area (Å²) in [5.74, 6) is -0.285. The van der Waals surface area contributed by atoms with Crippen molar-refractivity contribution in [3.63, 3.8) is 0 Å². The van der Waals surface area contributed by atoms with Crippen molar-refractivity contribution >= 4 is 12.0 Å². The number of amides is 2. The van der Waals surface area contributed by atoms with Gasteiger partial charge in [0.05, 0.1) is 11.7 Å². The summed E-state index contributed by atoms with van der Waals surface area (Å²) in [5.41, 5.74) is 2.08. The molecule has 168 valence electrons. The van der Waals surface area contributed by atoms with Gasteiger partial charge in [-0.15, -0.1) is 0 Å². The topological polar surface area (TPSA) is 98.1 Å². The molecule has 3 rings (SSSR count). The molecule has 0 aliphatic rings. The number of nitrogens with zero attached hydrogens (tertiary/aromatic N) is 3. The van der Waals surface area contributed by atoms with Gasteiger partial charge >= 0.3 is 6.09 Å². The Morgan fingerprint density at radius 1 is 1.03 bits per heavy atom. The summed E-state index contributed by atoms with van der Waals surface area (Å²) in [4.78, 5) is 29.4. The molecule has 0 spiro atoms. The molecule has 0 saturated carbocycles. The minimum absolute atomic E-state index is 0.258. The molecule has 2 atom stereocenters. The normalized spacial score (nSPS) is 13.1. The summed E-state index contributed by atoms with van der Waals surface area (Å²) >= 11 is 0. The van der Waals surface area contributed by atoms with Gasteiger partial charge in [-0.25, -0.2) is 14.5 Å². The van der Waals surface area contributed by atoms with Crippen molar-refractivity contribution in [2.75, 3.05) is 0 Å². The number of rotatable bonds is 7. The van der Waals surface area contributed by atoms with E-state index in [9.17, 15) is 9.59 Å². The lowest BCUT2D eigenvalue weighted by molar-refractivity contribution is -0.123. The fourth-order valence-electron chi connectivity index (χ4n) is 3.16. The Kier molecular flexibility index (Phi) is 7.25. The van der Waals surface area contributed by atoms with Gasteiger partial charge in [-0.3, -0.25) is 4.79 Å². The number of nitrogens with one attached hydrogen (secondary N) is 2. The summed E-state index contributed by atoms with van der Waals surface area (Å²) in [7, 11) is 0. The van der Waals surface area contributed by atoms with Crippen LogP contribution in [0.25, 0.3) is 5.69 Å². The van der Waals surface area contributed by atoms with Crippen LogP contribution in [0.4, 0.5) is 4.79 Å². The van der Waals surface area contributed by atoms with Crippen LogP contribution in [-0.2, 0) is 16.0 Å². The molecule has 1 heterocycles. The number of alkyl carbamates (subject to hydrolysis) is 1. The highest BCUT2D eigenvalue weighted by molar-refractivity contribution is 5.86. The third-order valence-electron chi connectivity index (χ3n) is 4.73. The number of carbonyl (C=O) groups is 2. The summed E-state index contributed by atoms with van der Waals surface area (Å²) in [6.07, 6.45) is 2.82. The van der Waals surface area contributed by atoms with Crippen molar-refractivity contribution in [2.24, 2.45) is 0 Å². The second kappa shape index (κ2) is 10.1. The third-order valence-corrected chi connectivity index (χ3v) is 4.73. The van der Waals surface area contributed by atoms with E-state index in [-0.39, 0.29) is 11.9 Å². The molecule has 2 N–H and O–H groups in total. The van der Waals surface area contributed by atoms with Crippen molar-refractivity contribution in [2.45, 2.75) is 51.8 Å². The molecule has 0 radical (unpaired) electrons. The summed E-state index contributed by atoms with van der Waals surface area (Å²) in [6, 6.07) is 16.2. The van der Waals surface area contributed by atoms with Crippen molar-refractivity contribution in [1.29, 1.82) is 0 Å². The zero-order chi connectivity index (χ0) is 23.1. The Bertz CT molecular complexity index is 1010. The minimum atomic E-state index is -0.774.